The molecule has 0 heterocycles. The van der Waals surface area contributed by atoms with Gasteiger partial charge in [0, 0.05) is 27.0 Å². The van der Waals surface area contributed by atoms with Gasteiger partial charge in [-0.3, -0.25) is 9.59 Å². The maximum Gasteiger partial charge on any atom is 0.196 e. The van der Waals surface area contributed by atoms with Gasteiger partial charge in [-0.25, -0.2) is 0 Å². The molecule has 4 nitrogen and oxygen atoms in total. The summed E-state index contributed by atoms with van der Waals surface area (Å²) in [4.78, 5) is 25.9. The molecule has 5 heteroatoms. The summed E-state index contributed by atoms with van der Waals surface area (Å²) >= 11 is 3.39. The van der Waals surface area contributed by atoms with Crippen molar-refractivity contribution in [2.24, 2.45) is 0 Å². The van der Waals surface area contributed by atoms with Crippen molar-refractivity contribution in [3.05, 3.63) is 87.4 Å². The van der Waals surface area contributed by atoms with E-state index in [0.29, 0.717) is 28.1 Å². The van der Waals surface area contributed by atoms with Crippen LogP contribution in [-0.4, -0.2) is 11.6 Å². The highest BCUT2D eigenvalue weighted by molar-refractivity contribution is 9.10. The maximum atomic E-state index is 13.0. The van der Waals surface area contributed by atoms with Crippen LogP contribution in [0.1, 0.15) is 31.8 Å². The van der Waals surface area contributed by atoms with Gasteiger partial charge in [-0.1, -0.05) is 40.2 Å². The molecule has 3 aromatic rings. The normalized spacial score (nSPS) is 12.5. The van der Waals surface area contributed by atoms with Crippen LogP contribution < -0.4 is 11.1 Å². The van der Waals surface area contributed by atoms with Gasteiger partial charge in [0.15, 0.2) is 11.6 Å². The molecule has 0 saturated carbocycles. The first kappa shape index (κ1) is 15.6. The third-order valence-corrected chi connectivity index (χ3v) is 4.76. The van der Waals surface area contributed by atoms with Crippen LogP contribution in [0.3, 0.4) is 0 Å². The molecule has 25 heavy (non-hydrogen) atoms. The zero-order valence-electron chi connectivity index (χ0n) is 13.0. The van der Waals surface area contributed by atoms with Gasteiger partial charge in [-0.2, -0.15) is 0 Å². The van der Waals surface area contributed by atoms with Gasteiger partial charge in [0.2, 0.25) is 0 Å². The summed E-state index contributed by atoms with van der Waals surface area (Å²) in [5, 5.41) is 3.22. The molecular weight excluding hydrogens is 380 g/mol. The molecule has 0 fully saturated rings. The third-order valence-electron chi connectivity index (χ3n) is 4.23. The van der Waals surface area contributed by atoms with Gasteiger partial charge in [0.05, 0.1) is 16.8 Å². The molecule has 0 unspecified atom stereocenters. The van der Waals surface area contributed by atoms with Gasteiger partial charge in [-0.15, -0.1) is 0 Å². The molecule has 0 saturated heterocycles. The molecule has 1 aliphatic carbocycles. The Kier molecular flexibility index (Phi) is 3.66. The van der Waals surface area contributed by atoms with E-state index in [0.717, 1.165) is 10.2 Å². The quantitative estimate of drug-likeness (QED) is 0.490. The minimum Gasteiger partial charge on any atom is -0.398 e. The van der Waals surface area contributed by atoms with E-state index in [1.165, 1.54) is 0 Å². The second-order valence-electron chi connectivity index (χ2n) is 5.79. The number of hydrogen-bond donors (Lipinski definition) is 2. The lowest BCUT2D eigenvalue weighted by molar-refractivity contribution is 0.0980. The first-order valence-corrected chi connectivity index (χ1v) is 8.49. The number of carbonyl (C=O) groups excluding carboxylic acids is 2. The zero-order chi connectivity index (χ0) is 17.6. The molecule has 0 radical (unpaired) electrons. The van der Waals surface area contributed by atoms with Crippen molar-refractivity contribution < 1.29 is 9.59 Å². The lowest BCUT2D eigenvalue weighted by Crippen LogP contribution is -2.23. The van der Waals surface area contributed by atoms with E-state index >= 15 is 0 Å². The fraction of sp³-hybridized carbons (Fsp3) is 0. The Morgan fingerprint density at radius 3 is 2.00 bits per heavy atom. The summed E-state index contributed by atoms with van der Waals surface area (Å²) in [6, 6.07) is 17.8. The number of anilines is 3. The van der Waals surface area contributed by atoms with Gasteiger partial charge in [-0.05, 0) is 36.4 Å². The number of hydrogen-bond acceptors (Lipinski definition) is 4. The molecular formula is C20H13BrN2O2. The molecule has 4 rings (SSSR count). The summed E-state index contributed by atoms with van der Waals surface area (Å²) < 4.78 is 0.956. The maximum absolute atomic E-state index is 13.0. The molecule has 0 aliphatic heterocycles. The summed E-state index contributed by atoms with van der Waals surface area (Å²) in [5.74, 6) is -0.417. The van der Waals surface area contributed by atoms with E-state index in [2.05, 4.69) is 21.2 Å². The molecule has 3 aromatic carbocycles. The second-order valence-corrected chi connectivity index (χ2v) is 6.70. The zero-order valence-corrected chi connectivity index (χ0v) is 14.6. The Morgan fingerprint density at radius 1 is 0.760 bits per heavy atom. The summed E-state index contributed by atoms with van der Waals surface area (Å²) in [6.45, 7) is 0. The van der Waals surface area contributed by atoms with Crippen LogP contribution in [-0.2, 0) is 0 Å². The van der Waals surface area contributed by atoms with E-state index < -0.39 is 0 Å². The van der Waals surface area contributed by atoms with E-state index in [-0.39, 0.29) is 17.1 Å². The van der Waals surface area contributed by atoms with E-state index in [9.17, 15) is 9.59 Å². The van der Waals surface area contributed by atoms with E-state index in [4.69, 9.17) is 5.73 Å². The Hall–Kier alpha value is -2.92. The monoisotopic (exact) mass is 392 g/mol. The summed E-state index contributed by atoms with van der Waals surface area (Å²) in [7, 11) is 0. The number of rotatable bonds is 2. The molecule has 0 aromatic heterocycles. The molecule has 122 valence electrons. The number of carbonyl (C=O) groups is 2. The lowest BCUT2D eigenvalue weighted by atomic mass is 9.82. The largest absolute Gasteiger partial charge is 0.398 e. The van der Waals surface area contributed by atoms with Crippen molar-refractivity contribution in [1.29, 1.82) is 0 Å². The first-order valence-electron chi connectivity index (χ1n) is 7.70. The molecule has 0 bridgehead atoms. The third kappa shape index (κ3) is 2.53. The number of nitrogens with one attached hydrogen (secondary N) is 1. The Bertz CT molecular complexity index is 1030. The Morgan fingerprint density at radius 2 is 1.36 bits per heavy atom. The van der Waals surface area contributed by atoms with Crippen LogP contribution in [0.2, 0.25) is 0 Å². The van der Waals surface area contributed by atoms with Crippen molar-refractivity contribution in [2.75, 3.05) is 11.1 Å². The van der Waals surface area contributed by atoms with Gasteiger partial charge >= 0.3 is 0 Å². The van der Waals surface area contributed by atoms with Crippen LogP contribution in [0.5, 0.6) is 0 Å². The second kappa shape index (κ2) is 5.86. The van der Waals surface area contributed by atoms with Crippen LogP contribution in [0.25, 0.3) is 0 Å². The van der Waals surface area contributed by atoms with Gasteiger partial charge < -0.3 is 11.1 Å². The highest BCUT2D eigenvalue weighted by atomic mass is 79.9. The molecule has 0 amide bonds. The topological polar surface area (TPSA) is 72.2 Å². The highest BCUT2D eigenvalue weighted by Gasteiger charge is 2.33. The predicted molar refractivity (Wildman–Crippen MR) is 102 cm³/mol. The molecule has 0 spiro atoms. The number of halogens is 1. The number of benzene rings is 3. The number of nitrogen functional groups attached to an aromatic ring is 1. The summed E-state index contributed by atoms with van der Waals surface area (Å²) in [5.41, 5.74) is 9.12. The number of ketones is 2. The predicted octanol–water partition coefficient (Wildman–Crippen LogP) is 4.55. The Balaban J connectivity index is 1.88. The van der Waals surface area contributed by atoms with Crippen molar-refractivity contribution in [2.45, 2.75) is 0 Å². The summed E-state index contributed by atoms with van der Waals surface area (Å²) in [6.07, 6.45) is 0. The smallest absolute Gasteiger partial charge is 0.196 e. The van der Waals surface area contributed by atoms with Crippen LogP contribution >= 0.6 is 15.9 Å². The molecule has 0 atom stereocenters. The Labute approximate surface area is 152 Å². The fourth-order valence-electron chi connectivity index (χ4n) is 3.04. The number of fused-ring (bicyclic) bond motifs is 2. The first-order chi connectivity index (χ1) is 12.1. The molecule has 3 N–H and O–H groups in total. The van der Waals surface area contributed by atoms with Crippen molar-refractivity contribution >= 4 is 44.6 Å². The SMILES string of the molecule is Nc1ccc(Nc2ccc(Br)cc2)c2c1C(=O)c1ccccc1C2=O. The van der Waals surface area contributed by atoms with Crippen LogP contribution in [0.4, 0.5) is 17.1 Å². The van der Waals surface area contributed by atoms with Crippen molar-refractivity contribution in [1.82, 2.24) is 0 Å². The van der Waals surface area contributed by atoms with Crippen molar-refractivity contribution in [3.8, 4) is 0 Å². The fourth-order valence-corrected chi connectivity index (χ4v) is 3.30. The van der Waals surface area contributed by atoms with Gasteiger partial charge in [0.1, 0.15) is 0 Å². The minimum atomic E-state index is -0.220. The average Bonchev–Trinajstić information content (AvgIpc) is 2.63. The van der Waals surface area contributed by atoms with Crippen molar-refractivity contribution in [3.63, 3.8) is 0 Å². The average molecular weight is 393 g/mol. The van der Waals surface area contributed by atoms with Crippen LogP contribution in [0.15, 0.2) is 65.1 Å². The van der Waals surface area contributed by atoms with Gasteiger partial charge in [0.25, 0.3) is 0 Å². The number of nitrogens with two attached hydrogens (primary N) is 1. The van der Waals surface area contributed by atoms with E-state index in [1.54, 1.807) is 36.4 Å². The standard InChI is InChI=1S/C20H13BrN2O2/c21-11-5-7-12(8-6-11)23-16-10-9-15(22)17-18(16)20(25)14-4-2-1-3-13(14)19(17)24/h1-10,23H,22H2. The lowest BCUT2D eigenvalue weighted by Gasteiger charge is -2.22. The molecule has 1 aliphatic rings. The van der Waals surface area contributed by atoms with E-state index in [1.807, 2.05) is 24.3 Å². The minimum absolute atomic E-state index is 0.197. The van der Waals surface area contributed by atoms with Crippen LogP contribution in [0, 0.1) is 0 Å². The highest BCUT2D eigenvalue weighted by Crippen LogP contribution is 2.36.